The van der Waals surface area contributed by atoms with E-state index in [2.05, 4.69) is 41.0 Å². The zero-order chi connectivity index (χ0) is 19.5. The molecule has 0 amide bonds. The minimum Gasteiger partial charge on any atom is -0.508 e. The van der Waals surface area contributed by atoms with Gasteiger partial charge in [0, 0.05) is 30.1 Å². The van der Waals surface area contributed by atoms with Crippen LogP contribution in [-0.4, -0.2) is 65.4 Å². The van der Waals surface area contributed by atoms with Crippen LogP contribution in [0.2, 0.25) is 0 Å². The number of phenolic OH excluding ortho intramolecular Hbond substituents is 1. The number of hydrogen-bond donors (Lipinski definition) is 1. The summed E-state index contributed by atoms with van der Waals surface area (Å²) in [6.45, 7) is 3.70. The van der Waals surface area contributed by atoms with Gasteiger partial charge in [0.2, 0.25) is 5.95 Å². The summed E-state index contributed by atoms with van der Waals surface area (Å²) in [6.07, 6.45) is 0. The molecule has 1 fully saturated rings. The number of aromatic hydroxyl groups is 1. The lowest BCUT2D eigenvalue weighted by atomic mass is 10.2. The number of aromatic nitrogens is 3. The van der Waals surface area contributed by atoms with Crippen molar-refractivity contribution in [2.45, 2.75) is 6.54 Å². The van der Waals surface area contributed by atoms with Crippen molar-refractivity contribution in [3.63, 3.8) is 0 Å². The lowest BCUT2D eigenvalue weighted by Crippen LogP contribution is -2.37. The molecule has 1 aromatic carbocycles. The van der Waals surface area contributed by atoms with Crippen LogP contribution in [0.4, 0.5) is 5.95 Å². The highest BCUT2D eigenvalue weighted by molar-refractivity contribution is 7.15. The van der Waals surface area contributed by atoms with Gasteiger partial charge < -0.3 is 19.6 Å². The van der Waals surface area contributed by atoms with Crippen molar-refractivity contribution in [2.24, 2.45) is 0 Å². The van der Waals surface area contributed by atoms with Gasteiger partial charge in [-0.2, -0.15) is 9.97 Å². The summed E-state index contributed by atoms with van der Waals surface area (Å²) in [5.41, 5.74) is 0.767. The highest BCUT2D eigenvalue weighted by Gasteiger charge is 2.19. The van der Waals surface area contributed by atoms with Crippen molar-refractivity contribution in [3.8, 4) is 27.8 Å². The molecule has 1 aliphatic rings. The molecular weight excluding hydrogens is 374 g/mol. The first-order chi connectivity index (χ1) is 13.6. The molecule has 4 rings (SSSR count). The Hall–Kier alpha value is -2.55. The third kappa shape index (κ3) is 4.30. The Labute approximate surface area is 168 Å². The molecule has 28 heavy (non-hydrogen) atoms. The Morgan fingerprint density at radius 2 is 1.86 bits per heavy atom. The summed E-state index contributed by atoms with van der Waals surface area (Å²) in [5.74, 6) is 2.06. The highest BCUT2D eigenvalue weighted by Crippen LogP contribution is 2.30. The van der Waals surface area contributed by atoms with E-state index in [0.717, 1.165) is 30.1 Å². The number of phenols is 1. The van der Waals surface area contributed by atoms with Crippen molar-refractivity contribution in [1.29, 1.82) is 0 Å². The van der Waals surface area contributed by atoms with E-state index in [-0.39, 0.29) is 5.75 Å². The fourth-order valence-corrected chi connectivity index (χ4v) is 4.11. The second kappa shape index (κ2) is 8.22. The van der Waals surface area contributed by atoms with Gasteiger partial charge in [-0.15, -0.1) is 11.3 Å². The highest BCUT2D eigenvalue weighted by atomic mass is 32.1. The second-order valence-electron chi connectivity index (χ2n) is 6.94. The first-order valence-corrected chi connectivity index (χ1v) is 10.0. The molecule has 3 heterocycles. The van der Waals surface area contributed by atoms with Crippen LogP contribution in [0, 0.1) is 0 Å². The number of ether oxygens (including phenoxy) is 1. The van der Waals surface area contributed by atoms with E-state index in [1.54, 1.807) is 29.5 Å². The van der Waals surface area contributed by atoms with Crippen molar-refractivity contribution >= 4 is 17.3 Å². The quantitative estimate of drug-likeness (QED) is 0.709. The third-order valence-corrected chi connectivity index (χ3v) is 5.44. The molecule has 1 aliphatic heterocycles. The van der Waals surface area contributed by atoms with E-state index >= 15 is 0 Å². The van der Waals surface area contributed by atoms with E-state index < -0.39 is 0 Å². The van der Waals surface area contributed by atoms with Gasteiger partial charge in [-0.3, -0.25) is 0 Å². The molecule has 3 aromatic rings. The number of nitrogens with zero attached hydrogens (tertiary/aromatic N) is 5. The molecule has 0 spiro atoms. The van der Waals surface area contributed by atoms with E-state index in [1.165, 1.54) is 4.88 Å². The molecule has 8 heteroatoms. The van der Waals surface area contributed by atoms with Crippen molar-refractivity contribution < 1.29 is 9.84 Å². The second-order valence-corrected chi connectivity index (χ2v) is 8.10. The predicted molar refractivity (Wildman–Crippen MR) is 111 cm³/mol. The standard InChI is InChI=1S/C20H23N5O2S/c1-24(2)13-16-6-7-17(28-16)19-21-18(14-4-3-5-15(26)12-14)22-20(23-19)25-8-10-27-11-9-25/h3-7,12,26H,8-11,13H2,1-2H3. The normalized spacial score (nSPS) is 14.6. The molecule has 0 unspecified atom stereocenters. The van der Waals surface area contributed by atoms with Gasteiger partial charge in [0.25, 0.3) is 0 Å². The number of rotatable bonds is 5. The molecule has 0 aliphatic carbocycles. The monoisotopic (exact) mass is 397 g/mol. The van der Waals surface area contributed by atoms with Gasteiger partial charge in [0.15, 0.2) is 11.6 Å². The van der Waals surface area contributed by atoms with Crippen molar-refractivity contribution in [1.82, 2.24) is 19.9 Å². The van der Waals surface area contributed by atoms with Crippen LogP contribution < -0.4 is 4.90 Å². The lowest BCUT2D eigenvalue weighted by molar-refractivity contribution is 0.122. The molecule has 7 nitrogen and oxygen atoms in total. The van der Waals surface area contributed by atoms with Crippen LogP contribution in [0.3, 0.4) is 0 Å². The number of benzene rings is 1. The topological polar surface area (TPSA) is 74.6 Å². The molecule has 0 saturated carbocycles. The molecule has 1 saturated heterocycles. The predicted octanol–water partition coefficient (Wildman–Crippen LogP) is 2.87. The smallest absolute Gasteiger partial charge is 0.229 e. The molecular formula is C20H23N5O2S. The molecule has 2 aromatic heterocycles. The molecule has 0 atom stereocenters. The van der Waals surface area contributed by atoms with Gasteiger partial charge in [-0.25, -0.2) is 4.98 Å². The minimum atomic E-state index is 0.191. The maximum atomic E-state index is 9.87. The summed E-state index contributed by atoms with van der Waals surface area (Å²) in [7, 11) is 4.11. The zero-order valence-electron chi connectivity index (χ0n) is 16.0. The van der Waals surface area contributed by atoms with Crippen LogP contribution >= 0.6 is 11.3 Å². The van der Waals surface area contributed by atoms with Crippen LogP contribution in [0.5, 0.6) is 5.75 Å². The van der Waals surface area contributed by atoms with E-state index in [4.69, 9.17) is 14.7 Å². The Kier molecular flexibility index (Phi) is 5.52. The number of anilines is 1. The summed E-state index contributed by atoms with van der Waals surface area (Å²) in [4.78, 5) is 20.7. The molecule has 0 radical (unpaired) electrons. The molecule has 1 N–H and O–H groups in total. The molecule has 146 valence electrons. The largest absolute Gasteiger partial charge is 0.508 e. The van der Waals surface area contributed by atoms with Crippen LogP contribution in [0.1, 0.15) is 4.88 Å². The van der Waals surface area contributed by atoms with Gasteiger partial charge in [-0.1, -0.05) is 12.1 Å². The summed E-state index contributed by atoms with van der Waals surface area (Å²) in [6, 6.07) is 11.2. The van der Waals surface area contributed by atoms with Crippen molar-refractivity contribution in [2.75, 3.05) is 45.3 Å². The van der Waals surface area contributed by atoms with E-state index in [1.807, 2.05) is 6.07 Å². The summed E-state index contributed by atoms with van der Waals surface area (Å²) >= 11 is 1.69. The van der Waals surface area contributed by atoms with Crippen molar-refractivity contribution in [3.05, 3.63) is 41.3 Å². The average Bonchev–Trinajstić information content (AvgIpc) is 3.16. The van der Waals surface area contributed by atoms with Gasteiger partial charge in [-0.05, 0) is 38.4 Å². The first kappa shape index (κ1) is 18.8. The zero-order valence-corrected chi connectivity index (χ0v) is 16.8. The average molecular weight is 398 g/mol. The van der Waals surface area contributed by atoms with E-state index in [0.29, 0.717) is 30.8 Å². The number of morpholine rings is 1. The van der Waals surface area contributed by atoms with Crippen LogP contribution in [0.15, 0.2) is 36.4 Å². The fraction of sp³-hybridized carbons (Fsp3) is 0.350. The lowest BCUT2D eigenvalue weighted by Gasteiger charge is -2.27. The SMILES string of the molecule is CN(C)Cc1ccc(-c2nc(-c3cccc(O)c3)nc(N3CCOCC3)n2)s1. The summed E-state index contributed by atoms with van der Waals surface area (Å²) in [5, 5.41) is 9.87. The maximum absolute atomic E-state index is 9.87. The number of hydrogen-bond acceptors (Lipinski definition) is 8. The van der Waals surface area contributed by atoms with Gasteiger partial charge in [0.1, 0.15) is 5.75 Å². The first-order valence-electron chi connectivity index (χ1n) is 9.20. The Morgan fingerprint density at radius 3 is 2.61 bits per heavy atom. The van der Waals surface area contributed by atoms with Gasteiger partial charge >= 0.3 is 0 Å². The maximum Gasteiger partial charge on any atom is 0.229 e. The van der Waals surface area contributed by atoms with Crippen LogP contribution in [-0.2, 0) is 11.3 Å². The Morgan fingerprint density at radius 1 is 1.07 bits per heavy atom. The summed E-state index contributed by atoms with van der Waals surface area (Å²) < 4.78 is 5.46. The minimum absolute atomic E-state index is 0.191. The number of thiophene rings is 1. The fourth-order valence-electron chi connectivity index (χ4n) is 3.05. The Balaban J connectivity index is 1.76. The van der Waals surface area contributed by atoms with Crippen LogP contribution in [0.25, 0.3) is 22.1 Å². The van der Waals surface area contributed by atoms with Gasteiger partial charge in [0.05, 0.1) is 18.1 Å². The third-order valence-electron chi connectivity index (χ3n) is 4.38. The molecule has 0 bridgehead atoms. The van der Waals surface area contributed by atoms with E-state index in [9.17, 15) is 5.11 Å². The Bertz CT molecular complexity index is 953.